The third-order valence-corrected chi connectivity index (χ3v) is 7.30. The van der Waals surface area contributed by atoms with Gasteiger partial charge in [-0.15, -0.1) is 0 Å². The molecule has 2 aromatic carbocycles. The first kappa shape index (κ1) is 17.7. The Bertz CT molecular complexity index is 849. The lowest BCUT2D eigenvalue weighted by molar-refractivity contribution is -0.129. The van der Waals surface area contributed by atoms with Crippen LogP contribution in [0, 0.1) is 0 Å². The normalized spacial score (nSPS) is 18.5. The molecule has 2 aromatic rings. The van der Waals surface area contributed by atoms with Gasteiger partial charge in [-0.2, -0.15) is 0 Å². The Morgan fingerprint density at radius 3 is 2.85 bits per heavy atom. The van der Waals surface area contributed by atoms with Gasteiger partial charge in [0, 0.05) is 12.8 Å². The fourth-order valence-electron chi connectivity index (χ4n) is 3.62. The molecule has 1 heterocycles. The van der Waals surface area contributed by atoms with E-state index in [1.807, 2.05) is 30.1 Å². The predicted molar refractivity (Wildman–Crippen MR) is 112 cm³/mol. The number of carbonyl (C=O) groups is 1. The number of amides is 1. The van der Waals surface area contributed by atoms with E-state index in [0.29, 0.717) is 5.75 Å². The molecular formula is C21H22N2OS2. The summed E-state index contributed by atoms with van der Waals surface area (Å²) < 4.78 is 0.995. The first-order valence-corrected chi connectivity index (χ1v) is 10.9. The summed E-state index contributed by atoms with van der Waals surface area (Å²) in [5, 5.41) is 0. The molecular weight excluding hydrogens is 360 g/mol. The Kier molecular flexibility index (Phi) is 5.36. The molecule has 0 spiro atoms. The predicted octanol–water partition coefficient (Wildman–Crippen LogP) is 5.19. The average Bonchev–Trinajstić information content (AvgIpc) is 2.71. The number of aliphatic imine (C=N–C) groups is 1. The number of carbonyl (C=O) groups excluding carboxylic acids is 1. The number of benzene rings is 2. The van der Waals surface area contributed by atoms with Gasteiger partial charge in [0.1, 0.15) is 4.38 Å². The Labute approximate surface area is 163 Å². The zero-order valence-corrected chi connectivity index (χ0v) is 16.5. The summed E-state index contributed by atoms with van der Waals surface area (Å²) in [6.45, 7) is 0. The van der Waals surface area contributed by atoms with Crippen LogP contribution in [0.1, 0.15) is 35.6 Å². The van der Waals surface area contributed by atoms with Gasteiger partial charge in [-0.1, -0.05) is 66.0 Å². The van der Waals surface area contributed by atoms with Crippen molar-refractivity contribution in [3.05, 3.63) is 65.2 Å². The van der Waals surface area contributed by atoms with Gasteiger partial charge in [0.05, 0.1) is 17.5 Å². The van der Waals surface area contributed by atoms with Gasteiger partial charge in [0.25, 0.3) is 0 Å². The van der Waals surface area contributed by atoms with Crippen molar-refractivity contribution in [2.24, 2.45) is 4.99 Å². The molecule has 1 aliphatic heterocycles. The maximum atomic E-state index is 12.8. The summed E-state index contributed by atoms with van der Waals surface area (Å²) in [6.07, 6.45) is 3.31. The van der Waals surface area contributed by atoms with Crippen molar-refractivity contribution in [3.8, 4) is 0 Å². The molecule has 1 atom stereocenters. The van der Waals surface area contributed by atoms with Crippen LogP contribution in [-0.4, -0.2) is 28.0 Å². The van der Waals surface area contributed by atoms with Crippen molar-refractivity contribution >= 4 is 39.5 Å². The molecule has 4 rings (SSSR count). The average molecular weight is 383 g/mol. The summed E-state index contributed by atoms with van der Waals surface area (Å²) >= 11 is 3.29. The molecule has 0 saturated heterocycles. The number of hydrogen-bond donors (Lipinski definition) is 0. The SMILES string of the molecule is CN(C(=O)CSC1=Nc2ccccc2CS1)C1CCCc2ccccc21. The Hall–Kier alpha value is -1.72. The standard InChI is InChI=1S/C21H22N2OS2/c1-23(19-12-6-9-15-7-2-4-10-17(15)19)20(24)14-26-21-22-18-11-5-3-8-16(18)13-25-21/h2-5,7-8,10-11,19H,6,9,12-14H2,1H3. The number of nitrogens with zero attached hydrogens (tertiary/aromatic N) is 2. The number of hydrogen-bond acceptors (Lipinski definition) is 4. The highest BCUT2D eigenvalue weighted by Crippen LogP contribution is 2.36. The van der Waals surface area contributed by atoms with Crippen LogP contribution in [0.5, 0.6) is 0 Å². The summed E-state index contributed by atoms with van der Waals surface area (Å²) in [6, 6.07) is 17.0. The van der Waals surface area contributed by atoms with Crippen LogP contribution in [-0.2, 0) is 17.0 Å². The second-order valence-corrected chi connectivity index (χ2v) is 8.88. The monoisotopic (exact) mass is 382 g/mol. The first-order valence-electron chi connectivity index (χ1n) is 8.98. The zero-order valence-electron chi connectivity index (χ0n) is 14.9. The van der Waals surface area contributed by atoms with Crippen LogP contribution in [0.15, 0.2) is 53.5 Å². The van der Waals surface area contributed by atoms with E-state index in [0.717, 1.165) is 35.1 Å². The van der Waals surface area contributed by atoms with Crippen molar-refractivity contribution in [2.45, 2.75) is 31.1 Å². The summed E-state index contributed by atoms with van der Waals surface area (Å²) in [4.78, 5) is 19.4. The van der Waals surface area contributed by atoms with E-state index in [1.165, 1.54) is 16.7 Å². The van der Waals surface area contributed by atoms with Gasteiger partial charge in [-0.05, 0) is 42.0 Å². The lowest BCUT2D eigenvalue weighted by atomic mass is 9.87. The number of thioether (sulfide) groups is 2. The van der Waals surface area contributed by atoms with Gasteiger partial charge < -0.3 is 4.90 Å². The van der Waals surface area contributed by atoms with E-state index in [2.05, 4.69) is 30.3 Å². The minimum atomic E-state index is 0.180. The maximum absolute atomic E-state index is 12.8. The number of para-hydroxylation sites is 1. The van der Waals surface area contributed by atoms with E-state index < -0.39 is 0 Å². The third-order valence-electron chi connectivity index (χ3n) is 5.07. The second kappa shape index (κ2) is 7.89. The van der Waals surface area contributed by atoms with Crippen molar-refractivity contribution < 1.29 is 4.79 Å². The number of fused-ring (bicyclic) bond motifs is 2. The quantitative estimate of drug-likeness (QED) is 0.732. The summed E-state index contributed by atoms with van der Waals surface area (Å²) in [5.41, 5.74) is 5.01. The zero-order chi connectivity index (χ0) is 17.9. The smallest absolute Gasteiger partial charge is 0.233 e. The minimum Gasteiger partial charge on any atom is -0.338 e. The molecule has 134 valence electrons. The molecule has 0 radical (unpaired) electrons. The van der Waals surface area contributed by atoms with Crippen molar-refractivity contribution in [3.63, 3.8) is 0 Å². The molecule has 0 fully saturated rings. The Morgan fingerprint density at radius 1 is 1.19 bits per heavy atom. The largest absolute Gasteiger partial charge is 0.338 e. The molecule has 1 unspecified atom stereocenters. The number of rotatable bonds is 3. The molecule has 26 heavy (non-hydrogen) atoms. The van der Waals surface area contributed by atoms with Crippen LogP contribution in [0.25, 0.3) is 0 Å². The van der Waals surface area contributed by atoms with E-state index >= 15 is 0 Å². The highest BCUT2D eigenvalue weighted by Gasteiger charge is 2.26. The van der Waals surface area contributed by atoms with Crippen molar-refractivity contribution in [1.29, 1.82) is 0 Å². The molecule has 2 aliphatic rings. The van der Waals surface area contributed by atoms with E-state index in [1.54, 1.807) is 23.5 Å². The second-order valence-electron chi connectivity index (χ2n) is 6.70. The van der Waals surface area contributed by atoms with Gasteiger partial charge in [-0.25, -0.2) is 4.99 Å². The van der Waals surface area contributed by atoms with Gasteiger partial charge in [0.15, 0.2) is 0 Å². The maximum Gasteiger partial charge on any atom is 0.233 e. The first-order chi connectivity index (χ1) is 12.7. The van der Waals surface area contributed by atoms with Gasteiger partial charge in [-0.3, -0.25) is 4.79 Å². The molecule has 0 N–H and O–H groups in total. The molecule has 5 heteroatoms. The van der Waals surface area contributed by atoms with E-state index in [4.69, 9.17) is 4.99 Å². The minimum absolute atomic E-state index is 0.180. The van der Waals surface area contributed by atoms with Gasteiger partial charge >= 0.3 is 0 Å². The van der Waals surface area contributed by atoms with Crippen LogP contribution >= 0.6 is 23.5 Å². The van der Waals surface area contributed by atoms with E-state index in [-0.39, 0.29) is 11.9 Å². The lowest BCUT2D eigenvalue weighted by Gasteiger charge is -2.33. The van der Waals surface area contributed by atoms with Crippen molar-refractivity contribution in [2.75, 3.05) is 12.8 Å². The Morgan fingerprint density at radius 2 is 1.96 bits per heavy atom. The van der Waals surface area contributed by atoms with E-state index in [9.17, 15) is 4.79 Å². The van der Waals surface area contributed by atoms with Crippen molar-refractivity contribution in [1.82, 2.24) is 4.90 Å². The summed E-state index contributed by atoms with van der Waals surface area (Å²) in [5.74, 6) is 1.56. The molecule has 1 amide bonds. The number of aryl methyl sites for hydroxylation is 1. The van der Waals surface area contributed by atoms with Gasteiger partial charge in [0.2, 0.25) is 5.91 Å². The fraction of sp³-hybridized carbons (Fsp3) is 0.333. The fourth-order valence-corrected chi connectivity index (χ4v) is 5.60. The van der Waals surface area contributed by atoms with Crippen LogP contribution in [0.4, 0.5) is 5.69 Å². The molecule has 0 saturated carbocycles. The topological polar surface area (TPSA) is 32.7 Å². The Balaban J connectivity index is 1.41. The van der Waals surface area contributed by atoms with Crippen LogP contribution in [0.3, 0.4) is 0 Å². The summed E-state index contributed by atoms with van der Waals surface area (Å²) in [7, 11) is 1.95. The lowest BCUT2D eigenvalue weighted by Crippen LogP contribution is -2.34. The van der Waals surface area contributed by atoms with Crippen LogP contribution < -0.4 is 0 Å². The third kappa shape index (κ3) is 3.69. The highest BCUT2D eigenvalue weighted by atomic mass is 32.2. The van der Waals surface area contributed by atoms with Crippen LogP contribution in [0.2, 0.25) is 0 Å². The molecule has 0 aromatic heterocycles. The molecule has 3 nitrogen and oxygen atoms in total. The molecule has 0 bridgehead atoms. The molecule has 1 aliphatic carbocycles. The highest BCUT2D eigenvalue weighted by molar-refractivity contribution is 8.38.